The molecule has 0 saturated carbocycles. The van der Waals surface area contributed by atoms with E-state index in [2.05, 4.69) is 4.99 Å². The number of nitriles is 1. The number of halogens is 1. The Kier molecular flexibility index (Phi) is 6.43. The number of hydrogen-bond donors (Lipinski definition) is 1. The molecule has 0 spiro atoms. The first-order valence-corrected chi connectivity index (χ1v) is 5.60. The quantitative estimate of drug-likeness (QED) is 0.649. The largest absolute Gasteiger partial charge is 0.507 e. The van der Waals surface area contributed by atoms with Crippen molar-refractivity contribution in [2.45, 2.75) is 20.8 Å². The van der Waals surface area contributed by atoms with Crippen LogP contribution in [0.1, 0.15) is 25.0 Å². The lowest BCUT2D eigenvalue weighted by Gasteiger charge is -2.07. The maximum Gasteiger partial charge on any atom is 0.149 e. The highest BCUT2D eigenvalue weighted by molar-refractivity contribution is 5.67. The van der Waals surface area contributed by atoms with Gasteiger partial charge < -0.3 is 10.0 Å². The Morgan fingerprint density at radius 2 is 2.00 bits per heavy atom. The van der Waals surface area contributed by atoms with Crippen LogP contribution in [0.5, 0.6) is 5.75 Å². The van der Waals surface area contributed by atoms with Crippen molar-refractivity contribution in [1.82, 2.24) is 4.90 Å². The fourth-order valence-corrected chi connectivity index (χ4v) is 1.11. The van der Waals surface area contributed by atoms with Crippen LogP contribution >= 0.6 is 0 Å². The van der Waals surface area contributed by atoms with E-state index in [0.29, 0.717) is 0 Å². The molecule has 4 nitrogen and oxygen atoms in total. The summed E-state index contributed by atoms with van der Waals surface area (Å²) in [6.07, 6.45) is 1.43. The Morgan fingerprint density at radius 3 is 2.44 bits per heavy atom. The van der Waals surface area contributed by atoms with Crippen molar-refractivity contribution in [2.75, 3.05) is 14.1 Å². The van der Waals surface area contributed by atoms with Crippen molar-refractivity contribution in [2.24, 2.45) is 4.99 Å². The number of nitrogens with zero attached hydrogens (tertiary/aromatic N) is 3. The van der Waals surface area contributed by atoms with Crippen LogP contribution in [-0.2, 0) is 0 Å². The molecule has 1 aromatic rings. The van der Waals surface area contributed by atoms with Crippen molar-refractivity contribution in [3.05, 3.63) is 23.0 Å². The molecule has 0 atom stereocenters. The summed E-state index contributed by atoms with van der Waals surface area (Å²) >= 11 is 0. The lowest BCUT2D eigenvalue weighted by molar-refractivity contribution is 0.463. The minimum Gasteiger partial charge on any atom is -0.507 e. The zero-order valence-corrected chi connectivity index (χ0v) is 11.3. The Balaban J connectivity index is 0.00000137. The van der Waals surface area contributed by atoms with Gasteiger partial charge in [-0.15, -0.1) is 0 Å². The Bertz CT molecular complexity index is 476. The van der Waals surface area contributed by atoms with Crippen LogP contribution in [0.25, 0.3) is 0 Å². The van der Waals surface area contributed by atoms with E-state index in [9.17, 15) is 9.50 Å². The van der Waals surface area contributed by atoms with Gasteiger partial charge in [-0.25, -0.2) is 9.38 Å². The maximum absolute atomic E-state index is 13.6. The molecule has 18 heavy (non-hydrogen) atoms. The molecule has 1 rings (SSSR count). The van der Waals surface area contributed by atoms with Crippen LogP contribution in [0, 0.1) is 24.1 Å². The second-order valence-electron chi connectivity index (χ2n) is 3.55. The zero-order valence-electron chi connectivity index (χ0n) is 11.3. The molecular formula is C13H18FN3O. The van der Waals surface area contributed by atoms with Gasteiger partial charge >= 0.3 is 0 Å². The molecule has 0 fully saturated rings. The average molecular weight is 251 g/mol. The highest BCUT2D eigenvalue weighted by Gasteiger charge is 2.14. The SMILES string of the molecule is CC.Cc1c(O)cc(N=CN(C)C)c(C#N)c1F. The molecule has 1 N–H and O–H groups in total. The number of aliphatic imine (C=N–C) groups is 1. The molecule has 98 valence electrons. The average Bonchev–Trinajstić information content (AvgIpc) is 2.36. The minimum atomic E-state index is -0.728. The summed E-state index contributed by atoms with van der Waals surface area (Å²) in [5, 5.41) is 18.2. The fraction of sp³-hybridized carbons (Fsp3) is 0.385. The monoisotopic (exact) mass is 251 g/mol. The Morgan fingerprint density at radius 1 is 1.44 bits per heavy atom. The first kappa shape index (κ1) is 15.9. The maximum atomic E-state index is 13.6. The molecule has 0 unspecified atom stereocenters. The third-order valence-corrected chi connectivity index (χ3v) is 2.00. The highest BCUT2D eigenvalue weighted by Crippen LogP contribution is 2.30. The predicted octanol–water partition coefficient (Wildman–Crippen LogP) is 2.96. The van der Waals surface area contributed by atoms with E-state index >= 15 is 0 Å². The van der Waals surface area contributed by atoms with Crippen LogP contribution in [-0.4, -0.2) is 30.4 Å². The second kappa shape index (κ2) is 7.28. The summed E-state index contributed by atoms with van der Waals surface area (Å²) in [6, 6.07) is 3.01. The number of rotatable bonds is 2. The topological polar surface area (TPSA) is 59.6 Å². The van der Waals surface area contributed by atoms with Gasteiger partial charge in [-0.2, -0.15) is 5.26 Å². The first-order chi connectivity index (χ1) is 8.47. The molecule has 5 heteroatoms. The van der Waals surface area contributed by atoms with Crippen molar-refractivity contribution < 1.29 is 9.50 Å². The summed E-state index contributed by atoms with van der Waals surface area (Å²) in [6.45, 7) is 5.41. The van der Waals surface area contributed by atoms with Crippen molar-refractivity contribution in [3.63, 3.8) is 0 Å². The van der Waals surface area contributed by atoms with Gasteiger partial charge in [-0.3, -0.25) is 0 Å². The fourth-order valence-electron chi connectivity index (χ4n) is 1.11. The number of benzene rings is 1. The van der Waals surface area contributed by atoms with E-state index in [4.69, 9.17) is 5.26 Å². The number of phenols is 1. The van der Waals surface area contributed by atoms with Gasteiger partial charge in [0.1, 0.15) is 23.2 Å². The van der Waals surface area contributed by atoms with Gasteiger partial charge in [0.15, 0.2) is 0 Å². The molecular weight excluding hydrogens is 233 g/mol. The van der Waals surface area contributed by atoms with Crippen molar-refractivity contribution >= 4 is 12.0 Å². The van der Waals surface area contributed by atoms with E-state index in [1.807, 2.05) is 13.8 Å². The third kappa shape index (κ3) is 3.74. The summed E-state index contributed by atoms with van der Waals surface area (Å²) < 4.78 is 13.6. The minimum absolute atomic E-state index is 0.0559. The van der Waals surface area contributed by atoms with Crippen molar-refractivity contribution in [3.8, 4) is 11.8 Å². The van der Waals surface area contributed by atoms with Crippen LogP contribution in [0.2, 0.25) is 0 Å². The smallest absolute Gasteiger partial charge is 0.149 e. The lowest BCUT2D eigenvalue weighted by Crippen LogP contribution is -2.07. The Labute approximate surface area is 107 Å². The molecule has 1 aromatic carbocycles. The van der Waals surface area contributed by atoms with Gasteiger partial charge in [0.2, 0.25) is 0 Å². The van der Waals surface area contributed by atoms with Gasteiger partial charge in [0, 0.05) is 25.7 Å². The molecule has 0 aromatic heterocycles. The van der Waals surface area contributed by atoms with Gasteiger partial charge in [-0.1, -0.05) is 13.8 Å². The van der Waals surface area contributed by atoms with E-state index in [-0.39, 0.29) is 22.6 Å². The van der Waals surface area contributed by atoms with Gasteiger partial charge in [0.05, 0.1) is 12.0 Å². The number of hydrogen-bond acceptors (Lipinski definition) is 3. The summed E-state index contributed by atoms with van der Waals surface area (Å²) in [4.78, 5) is 5.57. The van der Waals surface area contributed by atoms with E-state index in [1.54, 1.807) is 25.1 Å². The van der Waals surface area contributed by atoms with Crippen LogP contribution in [0.15, 0.2) is 11.1 Å². The van der Waals surface area contributed by atoms with Crippen molar-refractivity contribution in [1.29, 1.82) is 5.26 Å². The normalized spacial score (nSPS) is 9.61. The number of aromatic hydroxyl groups is 1. The molecule has 0 bridgehead atoms. The molecule has 0 aliphatic rings. The highest BCUT2D eigenvalue weighted by atomic mass is 19.1. The molecule has 0 heterocycles. The van der Waals surface area contributed by atoms with E-state index in [1.165, 1.54) is 19.3 Å². The van der Waals surface area contributed by atoms with E-state index in [0.717, 1.165) is 0 Å². The van der Waals surface area contributed by atoms with E-state index < -0.39 is 5.82 Å². The lowest BCUT2D eigenvalue weighted by atomic mass is 10.1. The Hall–Kier alpha value is -2.09. The molecule has 0 aliphatic carbocycles. The summed E-state index contributed by atoms with van der Waals surface area (Å²) in [7, 11) is 3.50. The van der Waals surface area contributed by atoms with Gasteiger partial charge in [0.25, 0.3) is 0 Å². The standard InChI is InChI=1S/C11H12FN3O.C2H6/c1-7-10(16)4-9(14-6-15(2)3)8(5-13)11(7)12;1-2/h4,6,16H,1-3H3;1-2H3. The predicted molar refractivity (Wildman–Crippen MR) is 70.7 cm³/mol. The summed E-state index contributed by atoms with van der Waals surface area (Å²) in [5.74, 6) is -0.934. The zero-order chi connectivity index (χ0) is 14.3. The molecule has 0 radical (unpaired) electrons. The molecule has 0 amide bonds. The third-order valence-electron chi connectivity index (χ3n) is 2.00. The van der Waals surface area contributed by atoms with Crippen LogP contribution in [0.4, 0.5) is 10.1 Å². The van der Waals surface area contributed by atoms with Crippen LogP contribution in [0.3, 0.4) is 0 Å². The molecule has 0 saturated heterocycles. The summed E-state index contributed by atoms with van der Waals surface area (Å²) in [5.41, 5.74) is 0.0190. The van der Waals surface area contributed by atoms with Gasteiger partial charge in [-0.05, 0) is 6.92 Å². The second-order valence-corrected chi connectivity index (χ2v) is 3.55. The first-order valence-electron chi connectivity index (χ1n) is 5.60. The van der Waals surface area contributed by atoms with Crippen LogP contribution < -0.4 is 0 Å². The molecule has 0 aliphatic heterocycles. The number of phenolic OH excluding ortho intramolecular Hbond substituents is 1.